The van der Waals surface area contributed by atoms with Crippen molar-refractivity contribution in [2.75, 3.05) is 0 Å². The number of ether oxygens (including phenoxy) is 1. The van der Waals surface area contributed by atoms with E-state index in [4.69, 9.17) is 33.6 Å². The fourth-order valence-electron chi connectivity index (χ4n) is 2.79. The highest BCUT2D eigenvalue weighted by molar-refractivity contribution is 7.62. The van der Waals surface area contributed by atoms with Crippen LogP contribution in [-0.4, -0.2) is 69.2 Å². The Bertz CT molecular complexity index is 505. The normalized spacial score (nSPS) is 33.4. The summed E-state index contributed by atoms with van der Waals surface area (Å²) in [7, 11) is 14.0. The van der Waals surface area contributed by atoms with Crippen LogP contribution < -0.4 is 0 Å². The largest absolute Gasteiger partial charge is 0.427 e. The number of benzene rings is 1. The monoisotopic (exact) mass is 397 g/mol. The molecule has 1 aliphatic rings. The van der Waals surface area contributed by atoms with E-state index in [9.17, 15) is 10.2 Å². The van der Waals surface area contributed by atoms with Gasteiger partial charge in [0.15, 0.2) is 0 Å². The molecule has 0 aliphatic heterocycles. The van der Waals surface area contributed by atoms with E-state index in [0.717, 1.165) is 5.56 Å². The average molecular weight is 397 g/mol. The molecule has 0 spiro atoms. The molecule has 1 fully saturated rings. The Morgan fingerprint density at radius 2 is 1.52 bits per heavy atom. The van der Waals surface area contributed by atoms with Gasteiger partial charge in [0, 0.05) is 0 Å². The Balaban J connectivity index is 2.19. The molecular formula is C13H19B3O6P3. The van der Waals surface area contributed by atoms with Gasteiger partial charge in [-0.15, -0.1) is 9.12 Å². The molecule has 5 radical (unpaired) electrons. The molecule has 2 rings (SSSR count). The van der Waals surface area contributed by atoms with Crippen molar-refractivity contribution >= 4 is 48.8 Å². The maximum absolute atomic E-state index is 10.5. The number of aliphatic hydroxyl groups is 2. The molecular weight excluding hydrogens is 377 g/mol. The number of rotatable bonds is 9. The van der Waals surface area contributed by atoms with Crippen LogP contribution in [0.4, 0.5) is 0 Å². The van der Waals surface area contributed by atoms with Gasteiger partial charge in [0.05, 0.1) is 12.7 Å². The van der Waals surface area contributed by atoms with Crippen LogP contribution in [0.1, 0.15) is 5.56 Å². The zero-order chi connectivity index (χ0) is 18.2. The molecule has 25 heavy (non-hydrogen) atoms. The minimum atomic E-state index is -1.24. The van der Waals surface area contributed by atoms with Crippen molar-refractivity contribution in [2.45, 2.75) is 43.2 Å². The van der Waals surface area contributed by atoms with Crippen LogP contribution >= 0.6 is 26.5 Å². The van der Waals surface area contributed by atoms with Crippen molar-refractivity contribution in [3.05, 3.63) is 35.9 Å². The Kier molecular flexibility index (Phi) is 9.87. The van der Waals surface area contributed by atoms with Gasteiger partial charge in [-0.25, -0.2) is 0 Å². The molecule has 0 heterocycles. The Hall–Kier alpha value is 0.465. The molecule has 0 saturated heterocycles. The maximum Gasteiger partial charge on any atom is 0.318 e. The SMILES string of the molecule is [B]POC1C(O[B]P)C(O)C(O)C(OCc2ccccc2)C1OP[B]. The van der Waals surface area contributed by atoms with Crippen LogP contribution in [0.15, 0.2) is 30.3 Å². The third-order valence-electron chi connectivity index (χ3n) is 3.92. The van der Waals surface area contributed by atoms with Crippen LogP contribution in [0.5, 0.6) is 0 Å². The molecule has 1 aromatic rings. The first-order chi connectivity index (χ1) is 12.1. The van der Waals surface area contributed by atoms with Crippen LogP contribution in [0.25, 0.3) is 0 Å². The van der Waals surface area contributed by atoms with Crippen molar-refractivity contribution in [3.63, 3.8) is 0 Å². The van der Waals surface area contributed by atoms with Crippen molar-refractivity contribution in [3.8, 4) is 0 Å². The molecule has 6 nitrogen and oxygen atoms in total. The predicted molar refractivity (Wildman–Crippen MR) is 105 cm³/mol. The average Bonchev–Trinajstić information content (AvgIpc) is 2.63. The molecule has 1 aliphatic carbocycles. The van der Waals surface area contributed by atoms with E-state index in [-0.39, 0.29) is 24.0 Å². The molecule has 9 atom stereocenters. The highest BCUT2D eigenvalue weighted by atomic mass is 31.1. The van der Waals surface area contributed by atoms with Crippen molar-refractivity contribution < 1.29 is 28.7 Å². The van der Waals surface area contributed by atoms with E-state index in [2.05, 4.69) is 9.12 Å². The van der Waals surface area contributed by atoms with Gasteiger partial charge in [-0.2, -0.15) is 0 Å². The minimum Gasteiger partial charge on any atom is -0.427 e. The second kappa shape index (κ2) is 11.3. The summed E-state index contributed by atoms with van der Waals surface area (Å²) in [5.74, 6) is 0. The van der Waals surface area contributed by atoms with Crippen LogP contribution in [-0.2, 0) is 25.0 Å². The number of hydrogen-bond donors (Lipinski definition) is 2. The summed E-state index contributed by atoms with van der Waals surface area (Å²) in [6, 6.07) is 9.48. The smallest absolute Gasteiger partial charge is 0.318 e. The van der Waals surface area contributed by atoms with E-state index in [0.29, 0.717) is 0 Å². The highest BCUT2D eigenvalue weighted by Crippen LogP contribution is 2.35. The molecule has 1 saturated carbocycles. The molecule has 0 bridgehead atoms. The summed E-state index contributed by atoms with van der Waals surface area (Å²) < 4.78 is 22.4. The second-order valence-corrected chi connectivity index (χ2v) is 6.59. The first kappa shape index (κ1) is 21.8. The molecule has 0 aromatic heterocycles. The van der Waals surface area contributed by atoms with E-state index in [1.807, 2.05) is 30.3 Å². The van der Waals surface area contributed by atoms with Gasteiger partial charge in [-0.05, 0) is 22.9 Å². The van der Waals surface area contributed by atoms with Gasteiger partial charge in [-0.1, -0.05) is 30.3 Å². The topological polar surface area (TPSA) is 77.4 Å². The summed E-state index contributed by atoms with van der Waals surface area (Å²) in [5, 5.41) is 21.0. The molecule has 2 N–H and O–H groups in total. The third-order valence-corrected chi connectivity index (χ3v) is 4.90. The van der Waals surface area contributed by atoms with Gasteiger partial charge < -0.3 is 28.7 Å². The fourth-order valence-corrected chi connectivity index (χ4v) is 3.82. The summed E-state index contributed by atoms with van der Waals surface area (Å²) in [4.78, 5) is 0. The predicted octanol–water partition coefficient (Wildman–Crippen LogP) is 0.226. The lowest BCUT2D eigenvalue weighted by molar-refractivity contribution is -0.217. The Labute approximate surface area is 157 Å². The lowest BCUT2D eigenvalue weighted by Crippen LogP contribution is -2.65. The molecule has 1 aromatic carbocycles. The van der Waals surface area contributed by atoms with Crippen LogP contribution in [0.3, 0.4) is 0 Å². The van der Waals surface area contributed by atoms with Crippen molar-refractivity contribution in [2.24, 2.45) is 0 Å². The Morgan fingerprint density at radius 3 is 2.08 bits per heavy atom. The quantitative estimate of drug-likeness (QED) is 0.460. The lowest BCUT2D eigenvalue weighted by Gasteiger charge is -2.47. The first-order valence-corrected chi connectivity index (χ1v) is 10.2. The minimum absolute atomic E-state index is 0.238. The zero-order valence-electron chi connectivity index (χ0n) is 13.4. The van der Waals surface area contributed by atoms with Gasteiger partial charge in [0.2, 0.25) is 0 Å². The van der Waals surface area contributed by atoms with Gasteiger partial charge in [0.25, 0.3) is 0 Å². The molecule has 0 amide bonds. The summed E-state index contributed by atoms with van der Waals surface area (Å²) in [5.41, 5.74) is 0.924. The number of hydrogen-bond acceptors (Lipinski definition) is 6. The van der Waals surface area contributed by atoms with Crippen molar-refractivity contribution in [1.29, 1.82) is 0 Å². The number of aliphatic hydroxyl groups excluding tert-OH is 2. The van der Waals surface area contributed by atoms with Gasteiger partial charge >= 0.3 is 7.20 Å². The third kappa shape index (κ3) is 5.72. The van der Waals surface area contributed by atoms with E-state index < -0.39 is 36.6 Å². The van der Waals surface area contributed by atoms with Gasteiger partial charge in [-0.3, -0.25) is 0 Å². The maximum atomic E-state index is 10.5. The summed E-state index contributed by atoms with van der Waals surface area (Å²) in [6.07, 6.45) is -5.66. The fraction of sp³-hybridized carbons (Fsp3) is 0.538. The molecule has 12 heteroatoms. The standard InChI is InChI=1S/C13H19B3O6P3/c14-24-21-12-10(19-6-7-4-2-1-3-5-7)8(17)9(18)11(20-16-23)13(12)22-25-15/h1-5,8-13,17-18,24-25H,6,23H2. The van der Waals surface area contributed by atoms with E-state index in [1.165, 1.54) is 7.20 Å². The van der Waals surface area contributed by atoms with Crippen molar-refractivity contribution in [1.82, 2.24) is 0 Å². The van der Waals surface area contributed by atoms with Crippen LogP contribution in [0, 0.1) is 0 Å². The molecule has 9 unspecified atom stereocenters. The second-order valence-electron chi connectivity index (χ2n) is 5.38. The van der Waals surface area contributed by atoms with E-state index >= 15 is 0 Å². The zero-order valence-corrected chi connectivity index (χ0v) is 16.5. The summed E-state index contributed by atoms with van der Waals surface area (Å²) in [6.45, 7) is 0.238. The lowest BCUT2D eigenvalue weighted by atomic mass is 9.84. The highest BCUT2D eigenvalue weighted by Gasteiger charge is 2.52. The van der Waals surface area contributed by atoms with E-state index in [1.54, 1.807) is 0 Å². The summed E-state index contributed by atoms with van der Waals surface area (Å²) >= 11 is 0. The van der Waals surface area contributed by atoms with Crippen LogP contribution in [0.2, 0.25) is 0 Å². The van der Waals surface area contributed by atoms with Gasteiger partial charge in [0.1, 0.15) is 45.7 Å². The first-order valence-electron chi connectivity index (χ1n) is 7.57. The molecule has 131 valence electrons. The Morgan fingerprint density at radius 1 is 0.960 bits per heavy atom.